The standard InChI is InChI=1S/C19H22S/c1-15-13-16(2)19(17(3)14-15)11-12-20(4,5)18-9-7-6-8-10-18/h6-10,13-14H,1-5H3. The smallest absolute Gasteiger partial charge is 0.0312 e. The van der Waals surface area contributed by atoms with Crippen LogP contribution in [0.4, 0.5) is 0 Å². The highest BCUT2D eigenvalue weighted by Crippen LogP contribution is 2.47. The molecule has 0 nitrogen and oxygen atoms in total. The molecule has 0 saturated carbocycles. The molecule has 2 aromatic carbocycles. The van der Waals surface area contributed by atoms with Gasteiger partial charge in [0.25, 0.3) is 0 Å². The predicted octanol–water partition coefficient (Wildman–Crippen LogP) is 5.04. The minimum Gasteiger partial charge on any atom is -0.156 e. The lowest BCUT2D eigenvalue weighted by molar-refractivity contribution is 1.30. The summed E-state index contributed by atoms with van der Waals surface area (Å²) in [5.74, 6) is 3.43. The van der Waals surface area contributed by atoms with Gasteiger partial charge in [0.2, 0.25) is 0 Å². The molecule has 0 fully saturated rings. The third-order valence-corrected chi connectivity index (χ3v) is 5.50. The lowest BCUT2D eigenvalue weighted by Gasteiger charge is -2.24. The van der Waals surface area contributed by atoms with E-state index in [1.54, 1.807) is 0 Å². The van der Waals surface area contributed by atoms with E-state index in [0.717, 1.165) is 0 Å². The monoisotopic (exact) mass is 282 g/mol. The molecule has 0 aliphatic carbocycles. The highest BCUT2D eigenvalue weighted by Gasteiger charge is 2.11. The van der Waals surface area contributed by atoms with E-state index < -0.39 is 10.0 Å². The fourth-order valence-electron chi connectivity index (χ4n) is 2.38. The van der Waals surface area contributed by atoms with Crippen molar-refractivity contribution in [2.75, 3.05) is 12.5 Å². The van der Waals surface area contributed by atoms with Gasteiger partial charge in [0, 0.05) is 10.5 Å². The van der Waals surface area contributed by atoms with E-state index in [9.17, 15) is 0 Å². The first-order valence-electron chi connectivity index (χ1n) is 6.79. The van der Waals surface area contributed by atoms with Gasteiger partial charge in [0.05, 0.1) is 0 Å². The van der Waals surface area contributed by atoms with Crippen LogP contribution >= 0.6 is 10.0 Å². The minimum absolute atomic E-state index is 1.06. The maximum atomic E-state index is 3.53. The Morgan fingerprint density at radius 1 is 0.850 bits per heavy atom. The zero-order valence-electron chi connectivity index (χ0n) is 12.9. The van der Waals surface area contributed by atoms with Crippen molar-refractivity contribution in [2.24, 2.45) is 0 Å². The fraction of sp³-hybridized carbons (Fsp3) is 0.263. The van der Waals surface area contributed by atoms with Crippen LogP contribution in [-0.4, -0.2) is 12.5 Å². The summed E-state index contributed by atoms with van der Waals surface area (Å²) in [4.78, 5) is 1.34. The molecule has 0 bridgehead atoms. The minimum atomic E-state index is -1.06. The zero-order chi connectivity index (χ0) is 14.8. The summed E-state index contributed by atoms with van der Waals surface area (Å²) < 4.78 is 0. The zero-order valence-corrected chi connectivity index (χ0v) is 13.8. The molecular weight excluding hydrogens is 260 g/mol. The van der Waals surface area contributed by atoms with Gasteiger partial charge in [-0.1, -0.05) is 41.8 Å². The lowest BCUT2D eigenvalue weighted by atomic mass is 10.0. The Kier molecular flexibility index (Phi) is 4.26. The molecule has 0 atom stereocenters. The van der Waals surface area contributed by atoms with Crippen LogP contribution < -0.4 is 0 Å². The molecule has 1 heteroatoms. The van der Waals surface area contributed by atoms with Crippen molar-refractivity contribution in [1.82, 2.24) is 0 Å². The summed E-state index contributed by atoms with van der Waals surface area (Å²) in [5.41, 5.74) is 5.05. The molecule has 0 aromatic heterocycles. The van der Waals surface area contributed by atoms with Gasteiger partial charge in [-0.3, -0.25) is 0 Å². The van der Waals surface area contributed by atoms with E-state index in [2.05, 4.69) is 86.9 Å². The van der Waals surface area contributed by atoms with Gasteiger partial charge in [0.1, 0.15) is 0 Å². The molecule has 0 amide bonds. The quantitative estimate of drug-likeness (QED) is 0.642. The van der Waals surface area contributed by atoms with Crippen LogP contribution in [0.5, 0.6) is 0 Å². The third kappa shape index (κ3) is 3.26. The maximum Gasteiger partial charge on any atom is 0.0312 e. The van der Waals surface area contributed by atoms with Gasteiger partial charge in [-0.2, -0.15) is 10.0 Å². The lowest BCUT2D eigenvalue weighted by Crippen LogP contribution is -1.94. The van der Waals surface area contributed by atoms with E-state index in [1.165, 1.54) is 27.1 Å². The predicted molar refractivity (Wildman–Crippen MR) is 91.7 cm³/mol. The van der Waals surface area contributed by atoms with E-state index in [0.29, 0.717) is 0 Å². The van der Waals surface area contributed by atoms with Crippen LogP contribution in [-0.2, 0) is 0 Å². The summed E-state index contributed by atoms with van der Waals surface area (Å²) in [6, 6.07) is 15.0. The maximum absolute atomic E-state index is 3.53. The molecule has 2 rings (SSSR count). The van der Waals surface area contributed by atoms with Gasteiger partial charge in [-0.15, -0.1) is 0 Å². The topological polar surface area (TPSA) is 0 Å². The SMILES string of the molecule is Cc1cc(C)c(C#CS(C)(C)c2ccccc2)c(C)c1. The average Bonchev–Trinajstić information content (AvgIpc) is 2.38. The van der Waals surface area contributed by atoms with Gasteiger partial charge in [-0.25, -0.2) is 0 Å². The molecule has 0 spiro atoms. The summed E-state index contributed by atoms with van der Waals surface area (Å²) in [6.45, 7) is 6.43. The molecule has 0 unspecified atom stereocenters. The molecule has 0 radical (unpaired) electrons. The van der Waals surface area contributed by atoms with Crippen LogP contribution in [0.2, 0.25) is 0 Å². The Balaban J connectivity index is 2.41. The number of hydrogen-bond acceptors (Lipinski definition) is 0. The molecular formula is C19H22S. The third-order valence-electron chi connectivity index (χ3n) is 3.44. The average molecular weight is 282 g/mol. The van der Waals surface area contributed by atoms with Crippen LogP contribution in [0.15, 0.2) is 47.4 Å². The van der Waals surface area contributed by atoms with Crippen molar-refractivity contribution < 1.29 is 0 Å². The van der Waals surface area contributed by atoms with Crippen molar-refractivity contribution in [1.29, 1.82) is 0 Å². The summed E-state index contributed by atoms with van der Waals surface area (Å²) in [7, 11) is -1.06. The highest BCUT2D eigenvalue weighted by atomic mass is 32.3. The molecule has 0 aliphatic heterocycles. The van der Waals surface area contributed by atoms with Crippen molar-refractivity contribution in [3.8, 4) is 11.2 Å². The summed E-state index contributed by atoms with van der Waals surface area (Å²) in [6.07, 6.45) is 4.52. The summed E-state index contributed by atoms with van der Waals surface area (Å²) in [5, 5.41) is 3.53. The molecule has 20 heavy (non-hydrogen) atoms. The Bertz CT molecular complexity index is 647. The van der Waals surface area contributed by atoms with Crippen LogP contribution in [0.3, 0.4) is 0 Å². The molecule has 104 valence electrons. The number of benzene rings is 2. The molecule has 0 N–H and O–H groups in total. The number of hydrogen-bond donors (Lipinski definition) is 0. The first kappa shape index (κ1) is 14.8. The van der Waals surface area contributed by atoms with Crippen LogP contribution in [0.1, 0.15) is 22.3 Å². The second kappa shape index (κ2) is 5.77. The normalized spacial score (nSPS) is 11.7. The van der Waals surface area contributed by atoms with Crippen molar-refractivity contribution >= 4 is 10.0 Å². The largest absolute Gasteiger partial charge is 0.156 e. The van der Waals surface area contributed by atoms with Gasteiger partial charge in [0.15, 0.2) is 0 Å². The van der Waals surface area contributed by atoms with E-state index in [1.807, 2.05) is 0 Å². The van der Waals surface area contributed by atoms with E-state index in [-0.39, 0.29) is 0 Å². The number of aryl methyl sites for hydroxylation is 3. The van der Waals surface area contributed by atoms with Crippen LogP contribution in [0, 0.1) is 31.9 Å². The van der Waals surface area contributed by atoms with Gasteiger partial charge in [-0.05, 0) is 61.8 Å². The Morgan fingerprint density at radius 2 is 1.40 bits per heavy atom. The summed E-state index contributed by atoms with van der Waals surface area (Å²) >= 11 is 0. The van der Waals surface area contributed by atoms with Crippen molar-refractivity contribution in [3.05, 3.63) is 64.7 Å². The van der Waals surface area contributed by atoms with Crippen molar-refractivity contribution in [3.63, 3.8) is 0 Å². The second-order valence-corrected chi connectivity index (χ2v) is 8.97. The van der Waals surface area contributed by atoms with E-state index >= 15 is 0 Å². The Labute approximate surface area is 124 Å². The van der Waals surface area contributed by atoms with Gasteiger partial charge < -0.3 is 0 Å². The highest BCUT2D eigenvalue weighted by molar-refractivity contribution is 8.36. The Morgan fingerprint density at radius 3 is 1.95 bits per heavy atom. The molecule has 2 aromatic rings. The van der Waals surface area contributed by atoms with Crippen molar-refractivity contribution in [2.45, 2.75) is 25.7 Å². The molecule has 0 aliphatic rings. The molecule has 0 saturated heterocycles. The first-order valence-corrected chi connectivity index (χ1v) is 9.24. The van der Waals surface area contributed by atoms with E-state index in [4.69, 9.17) is 0 Å². The Hall–Kier alpha value is -1.65. The number of rotatable bonds is 1. The first-order chi connectivity index (χ1) is 9.40. The second-order valence-electron chi connectivity index (χ2n) is 5.64. The molecule has 0 heterocycles. The van der Waals surface area contributed by atoms with Crippen LogP contribution in [0.25, 0.3) is 0 Å². The fourth-order valence-corrected chi connectivity index (χ4v) is 3.69. The van der Waals surface area contributed by atoms with Gasteiger partial charge >= 0.3 is 0 Å².